The first kappa shape index (κ1) is 24.8. The van der Waals surface area contributed by atoms with Crippen LogP contribution in [0.4, 0.5) is 11.5 Å². The standard InChI is InChI=1S/C22H25ClN8O3S/c1-14-19-21(25-9-10-31(2)11-12-32)26-20(27-22(19)29-28-14)15-6-7-17(16(23)13-15)30-35(33,34)18-5-3-4-8-24-18/h3-8,13,30,32H,9-12H2,1-2H3,(H2,25,26,27,28,29). The number of likely N-dealkylation sites (N-methyl/N-ethyl adjacent to an activating group) is 1. The minimum Gasteiger partial charge on any atom is -0.395 e. The third-order valence-electron chi connectivity index (χ3n) is 5.25. The number of halogens is 1. The summed E-state index contributed by atoms with van der Waals surface area (Å²) in [5.41, 5.74) is 2.13. The van der Waals surface area contributed by atoms with Crippen molar-refractivity contribution in [3.63, 3.8) is 0 Å². The van der Waals surface area contributed by atoms with Gasteiger partial charge in [0.15, 0.2) is 16.5 Å². The van der Waals surface area contributed by atoms with E-state index in [0.29, 0.717) is 42.5 Å². The number of fused-ring (bicyclic) bond motifs is 1. The number of benzene rings is 1. The molecule has 0 aliphatic heterocycles. The number of hydrogen-bond donors (Lipinski definition) is 4. The minimum atomic E-state index is -3.89. The molecule has 13 heteroatoms. The highest BCUT2D eigenvalue weighted by Crippen LogP contribution is 2.31. The Balaban J connectivity index is 1.61. The van der Waals surface area contributed by atoms with Crippen molar-refractivity contribution in [1.82, 2.24) is 30.0 Å². The van der Waals surface area contributed by atoms with Crippen LogP contribution >= 0.6 is 11.6 Å². The highest BCUT2D eigenvalue weighted by atomic mass is 35.5. The average Bonchev–Trinajstić information content (AvgIpc) is 3.22. The summed E-state index contributed by atoms with van der Waals surface area (Å²) in [6.45, 7) is 3.86. The van der Waals surface area contributed by atoms with Crippen molar-refractivity contribution in [3.05, 3.63) is 53.3 Å². The van der Waals surface area contributed by atoms with Crippen LogP contribution in [0.15, 0.2) is 47.6 Å². The summed E-state index contributed by atoms with van der Waals surface area (Å²) >= 11 is 6.42. The molecule has 4 rings (SSSR count). The summed E-state index contributed by atoms with van der Waals surface area (Å²) in [5.74, 6) is 1.00. The van der Waals surface area contributed by atoms with Gasteiger partial charge in [-0.15, -0.1) is 0 Å². The SMILES string of the molecule is Cc1[nH]nc2nc(-c3ccc(NS(=O)(=O)c4ccccn4)c(Cl)c3)nc(NCCN(C)CCO)c12. The quantitative estimate of drug-likeness (QED) is 0.249. The second-order valence-electron chi connectivity index (χ2n) is 7.86. The molecule has 0 saturated heterocycles. The topological polar surface area (TPSA) is 149 Å². The van der Waals surface area contributed by atoms with Crippen LogP contribution in [0.3, 0.4) is 0 Å². The number of aromatic amines is 1. The summed E-state index contributed by atoms with van der Waals surface area (Å²) in [5, 5.41) is 20.5. The molecule has 0 aliphatic rings. The molecule has 0 bridgehead atoms. The van der Waals surface area contributed by atoms with Gasteiger partial charge in [-0.3, -0.25) is 9.82 Å². The second-order valence-corrected chi connectivity index (χ2v) is 9.90. The van der Waals surface area contributed by atoms with Crippen molar-refractivity contribution >= 4 is 44.2 Å². The predicted octanol–water partition coefficient (Wildman–Crippen LogP) is 2.51. The smallest absolute Gasteiger partial charge is 0.279 e. The van der Waals surface area contributed by atoms with Crippen LogP contribution in [0.5, 0.6) is 0 Å². The van der Waals surface area contributed by atoms with E-state index in [4.69, 9.17) is 16.7 Å². The van der Waals surface area contributed by atoms with Gasteiger partial charge in [-0.05, 0) is 44.3 Å². The molecule has 0 spiro atoms. The molecule has 3 aromatic heterocycles. The first-order chi connectivity index (χ1) is 16.8. The van der Waals surface area contributed by atoms with Gasteiger partial charge in [-0.25, -0.2) is 15.0 Å². The van der Waals surface area contributed by atoms with Crippen LogP contribution in [0, 0.1) is 6.92 Å². The van der Waals surface area contributed by atoms with Gasteiger partial charge >= 0.3 is 0 Å². The highest BCUT2D eigenvalue weighted by molar-refractivity contribution is 7.92. The molecule has 1 aromatic carbocycles. The molecule has 0 radical (unpaired) electrons. The summed E-state index contributed by atoms with van der Waals surface area (Å²) in [4.78, 5) is 15.1. The number of H-pyrrole nitrogens is 1. The molecular formula is C22H25ClN8O3S. The molecule has 184 valence electrons. The zero-order valence-electron chi connectivity index (χ0n) is 19.2. The molecule has 0 atom stereocenters. The van der Waals surface area contributed by atoms with Gasteiger partial charge in [-0.1, -0.05) is 17.7 Å². The normalized spacial score (nSPS) is 11.8. The first-order valence-corrected chi connectivity index (χ1v) is 12.6. The van der Waals surface area contributed by atoms with Crippen LogP contribution in [0.2, 0.25) is 5.02 Å². The highest BCUT2D eigenvalue weighted by Gasteiger charge is 2.19. The van der Waals surface area contributed by atoms with E-state index in [1.807, 2.05) is 18.9 Å². The second kappa shape index (κ2) is 10.5. The van der Waals surface area contributed by atoms with Gasteiger partial charge in [0.05, 0.1) is 22.7 Å². The van der Waals surface area contributed by atoms with E-state index in [-0.39, 0.29) is 22.3 Å². The number of hydrogen-bond acceptors (Lipinski definition) is 9. The van der Waals surface area contributed by atoms with Crippen LogP contribution in [0.25, 0.3) is 22.4 Å². The van der Waals surface area contributed by atoms with Gasteiger partial charge in [0, 0.05) is 37.1 Å². The predicted molar refractivity (Wildman–Crippen MR) is 135 cm³/mol. The van der Waals surface area contributed by atoms with E-state index in [0.717, 1.165) is 11.1 Å². The molecule has 4 N–H and O–H groups in total. The Morgan fingerprint density at radius 3 is 2.71 bits per heavy atom. The Kier molecular flexibility index (Phi) is 7.45. The van der Waals surface area contributed by atoms with E-state index >= 15 is 0 Å². The third-order valence-corrected chi connectivity index (χ3v) is 6.84. The Labute approximate surface area is 207 Å². The molecule has 3 heterocycles. The number of aliphatic hydroxyl groups excluding tert-OH is 1. The number of anilines is 2. The number of nitrogens with one attached hydrogen (secondary N) is 3. The molecule has 35 heavy (non-hydrogen) atoms. The third kappa shape index (κ3) is 5.68. The van der Waals surface area contributed by atoms with E-state index in [1.165, 1.54) is 12.3 Å². The minimum absolute atomic E-state index is 0.0913. The summed E-state index contributed by atoms with van der Waals surface area (Å²) < 4.78 is 27.7. The zero-order chi connectivity index (χ0) is 25.0. The summed E-state index contributed by atoms with van der Waals surface area (Å²) in [6.07, 6.45) is 1.40. The maximum Gasteiger partial charge on any atom is 0.279 e. The largest absolute Gasteiger partial charge is 0.395 e. The lowest BCUT2D eigenvalue weighted by molar-refractivity contribution is 0.225. The van der Waals surface area contributed by atoms with E-state index in [9.17, 15) is 8.42 Å². The molecule has 0 fully saturated rings. The summed E-state index contributed by atoms with van der Waals surface area (Å²) in [7, 11) is -1.96. The number of nitrogens with zero attached hydrogens (tertiary/aromatic N) is 5. The fourth-order valence-corrected chi connectivity index (χ4v) is 4.73. The van der Waals surface area contributed by atoms with Crippen LogP contribution in [-0.4, -0.2) is 76.9 Å². The Morgan fingerprint density at radius 2 is 2.00 bits per heavy atom. The molecular weight excluding hydrogens is 492 g/mol. The lowest BCUT2D eigenvalue weighted by Crippen LogP contribution is -2.28. The Hall–Kier alpha value is -3.32. The summed E-state index contributed by atoms with van der Waals surface area (Å²) in [6, 6.07) is 9.45. The monoisotopic (exact) mass is 516 g/mol. The first-order valence-electron chi connectivity index (χ1n) is 10.8. The van der Waals surface area contributed by atoms with Crippen molar-refractivity contribution in [2.75, 3.05) is 43.3 Å². The van der Waals surface area contributed by atoms with Crippen molar-refractivity contribution < 1.29 is 13.5 Å². The number of rotatable bonds is 10. The van der Waals surface area contributed by atoms with Gasteiger partial charge in [0.1, 0.15) is 5.82 Å². The molecule has 11 nitrogen and oxygen atoms in total. The molecule has 0 unspecified atom stereocenters. The van der Waals surface area contributed by atoms with E-state index in [1.54, 1.807) is 30.3 Å². The van der Waals surface area contributed by atoms with Crippen molar-refractivity contribution in [2.24, 2.45) is 0 Å². The van der Waals surface area contributed by atoms with E-state index in [2.05, 4.69) is 35.2 Å². The van der Waals surface area contributed by atoms with Gasteiger partial charge < -0.3 is 15.3 Å². The lowest BCUT2D eigenvalue weighted by atomic mass is 10.2. The lowest BCUT2D eigenvalue weighted by Gasteiger charge is -2.16. The fourth-order valence-electron chi connectivity index (χ4n) is 3.41. The van der Waals surface area contributed by atoms with Crippen LogP contribution in [0.1, 0.15) is 5.69 Å². The van der Waals surface area contributed by atoms with Crippen LogP contribution in [-0.2, 0) is 10.0 Å². The maximum absolute atomic E-state index is 12.6. The average molecular weight is 517 g/mol. The maximum atomic E-state index is 12.6. The molecule has 4 aromatic rings. The van der Waals surface area contributed by atoms with Crippen LogP contribution < -0.4 is 10.0 Å². The van der Waals surface area contributed by atoms with Gasteiger partial charge in [-0.2, -0.15) is 13.5 Å². The molecule has 0 amide bonds. The number of aryl methyl sites for hydroxylation is 1. The Bertz CT molecular complexity index is 1430. The van der Waals surface area contributed by atoms with Gasteiger partial charge in [0.2, 0.25) is 0 Å². The number of sulfonamides is 1. The fraction of sp³-hybridized carbons (Fsp3) is 0.273. The molecule has 0 aliphatic carbocycles. The molecule has 0 saturated carbocycles. The Morgan fingerprint density at radius 1 is 1.17 bits per heavy atom. The van der Waals surface area contributed by atoms with Gasteiger partial charge in [0.25, 0.3) is 10.0 Å². The number of aliphatic hydroxyl groups is 1. The van der Waals surface area contributed by atoms with Crippen molar-refractivity contribution in [2.45, 2.75) is 11.9 Å². The van der Waals surface area contributed by atoms with Crippen molar-refractivity contribution in [1.29, 1.82) is 0 Å². The van der Waals surface area contributed by atoms with Crippen molar-refractivity contribution in [3.8, 4) is 11.4 Å². The van der Waals surface area contributed by atoms with E-state index < -0.39 is 10.0 Å². The number of pyridine rings is 1. The number of aromatic nitrogens is 5. The zero-order valence-corrected chi connectivity index (χ0v) is 20.7.